The molecule has 2 aromatic carbocycles. The van der Waals surface area contributed by atoms with E-state index in [9.17, 15) is 9.90 Å². The number of benzene rings is 2. The normalized spacial score (nSPS) is 11.0. The van der Waals surface area contributed by atoms with Gasteiger partial charge < -0.3 is 10.4 Å². The lowest BCUT2D eigenvalue weighted by molar-refractivity contribution is -0.121. The smallest absolute Gasteiger partial charge is 0.265 e. The third-order valence-electron chi connectivity index (χ3n) is 2.42. The van der Waals surface area contributed by atoms with Gasteiger partial charge in [-0.15, -0.1) is 0 Å². The van der Waals surface area contributed by atoms with Crippen molar-refractivity contribution in [3.63, 3.8) is 0 Å². The monoisotopic (exact) mass is 251 g/mol. The van der Waals surface area contributed by atoms with Crippen LogP contribution < -0.4 is 5.32 Å². The van der Waals surface area contributed by atoms with E-state index in [2.05, 4.69) is 17.2 Å². The number of hydrogen-bond acceptors (Lipinski definition) is 2. The molecule has 1 amide bonds. The molecule has 19 heavy (non-hydrogen) atoms. The van der Waals surface area contributed by atoms with Gasteiger partial charge in [-0.1, -0.05) is 48.2 Å². The highest BCUT2D eigenvalue weighted by Crippen LogP contribution is 2.05. The molecule has 1 atom stereocenters. The molecule has 0 fully saturated rings. The minimum absolute atomic E-state index is 0.533. The summed E-state index contributed by atoms with van der Waals surface area (Å²) in [5.41, 5.74) is 1.39. The predicted octanol–water partition coefficient (Wildman–Crippen LogP) is 2.04. The standard InChI is InChI=1S/C16H13NO2/c18-15(12-11-13-7-3-1-4-8-13)16(19)17-14-9-5-2-6-10-14/h1-10,15,18H,(H,17,19)/t15-/m0/s1. The SMILES string of the molecule is O=C(Nc1ccccc1)[C@@H](O)C#Cc1ccccc1. The van der Waals surface area contributed by atoms with E-state index < -0.39 is 12.0 Å². The maximum atomic E-state index is 11.7. The summed E-state index contributed by atoms with van der Waals surface area (Å²) in [4.78, 5) is 11.7. The fraction of sp³-hybridized carbons (Fsp3) is 0.0625. The molecule has 0 aromatic heterocycles. The van der Waals surface area contributed by atoms with Crippen LogP contribution in [0.25, 0.3) is 0 Å². The van der Waals surface area contributed by atoms with Crippen molar-refractivity contribution in [1.29, 1.82) is 0 Å². The summed E-state index contributed by atoms with van der Waals surface area (Å²) < 4.78 is 0. The van der Waals surface area contributed by atoms with Gasteiger partial charge in [0.15, 0.2) is 6.10 Å². The Hall–Kier alpha value is -2.57. The van der Waals surface area contributed by atoms with Crippen molar-refractivity contribution in [2.75, 3.05) is 5.32 Å². The molecule has 0 spiro atoms. The molecular weight excluding hydrogens is 238 g/mol. The Morgan fingerprint density at radius 2 is 1.58 bits per heavy atom. The van der Waals surface area contributed by atoms with E-state index >= 15 is 0 Å². The van der Waals surface area contributed by atoms with E-state index in [0.717, 1.165) is 5.56 Å². The van der Waals surface area contributed by atoms with Crippen LogP contribution in [0.1, 0.15) is 5.56 Å². The van der Waals surface area contributed by atoms with Gasteiger partial charge in [0.2, 0.25) is 0 Å². The van der Waals surface area contributed by atoms with Crippen molar-refractivity contribution < 1.29 is 9.90 Å². The van der Waals surface area contributed by atoms with Gasteiger partial charge in [0, 0.05) is 11.3 Å². The lowest BCUT2D eigenvalue weighted by Gasteiger charge is -2.05. The van der Waals surface area contributed by atoms with Crippen LogP contribution >= 0.6 is 0 Å². The first-order valence-corrected chi connectivity index (χ1v) is 5.86. The van der Waals surface area contributed by atoms with Crippen molar-refractivity contribution in [3.8, 4) is 11.8 Å². The molecule has 0 unspecified atom stereocenters. The van der Waals surface area contributed by atoms with Gasteiger partial charge in [0.25, 0.3) is 5.91 Å². The Kier molecular flexibility index (Phi) is 4.33. The van der Waals surface area contributed by atoms with E-state index in [-0.39, 0.29) is 0 Å². The number of carbonyl (C=O) groups excluding carboxylic acids is 1. The maximum Gasteiger partial charge on any atom is 0.265 e. The molecule has 0 saturated heterocycles. The van der Waals surface area contributed by atoms with Crippen LogP contribution in [0.3, 0.4) is 0 Å². The summed E-state index contributed by atoms with van der Waals surface area (Å²) in [6, 6.07) is 18.1. The van der Waals surface area contributed by atoms with Gasteiger partial charge in [-0.2, -0.15) is 0 Å². The number of aliphatic hydroxyl groups is 1. The van der Waals surface area contributed by atoms with Crippen molar-refractivity contribution in [1.82, 2.24) is 0 Å². The van der Waals surface area contributed by atoms with E-state index in [0.29, 0.717) is 5.69 Å². The van der Waals surface area contributed by atoms with Gasteiger partial charge >= 0.3 is 0 Å². The van der Waals surface area contributed by atoms with Crippen LogP contribution in [0.2, 0.25) is 0 Å². The number of anilines is 1. The van der Waals surface area contributed by atoms with Crippen LogP contribution in [0.15, 0.2) is 60.7 Å². The topological polar surface area (TPSA) is 49.3 Å². The van der Waals surface area contributed by atoms with Gasteiger partial charge in [0.05, 0.1) is 0 Å². The summed E-state index contributed by atoms with van der Waals surface area (Å²) in [7, 11) is 0. The zero-order valence-electron chi connectivity index (χ0n) is 10.2. The van der Waals surface area contributed by atoms with Crippen molar-refractivity contribution in [2.24, 2.45) is 0 Å². The van der Waals surface area contributed by atoms with Crippen LogP contribution in [0, 0.1) is 11.8 Å². The molecule has 3 heteroatoms. The molecule has 2 N–H and O–H groups in total. The Morgan fingerprint density at radius 1 is 1.00 bits per heavy atom. The Labute approximate surface area is 111 Å². The van der Waals surface area contributed by atoms with Crippen LogP contribution in [-0.2, 0) is 4.79 Å². The van der Waals surface area contributed by atoms with Gasteiger partial charge in [-0.05, 0) is 24.3 Å². The largest absolute Gasteiger partial charge is 0.372 e. The van der Waals surface area contributed by atoms with Crippen LogP contribution in [0.4, 0.5) is 5.69 Å². The van der Waals surface area contributed by atoms with Crippen LogP contribution in [-0.4, -0.2) is 17.1 Å². The van der Waals surface area contributed by atoms with E-state index in [1.54, 1.807) is 24.3 Å². The summed E-state index contributed by atoms with van der Waals surface area (Å²) in [5, 5.41) is 12.2. The Bertz CT molecular complexity index is 597. The number of aliphatic hydroxyl groups excluding tert-OH is 1. The molecule has 94 valence electrons. The first-order chi connectivity index (χ1) is 9.25. The lowest BCUT2D eigenvalue weighted by Crippen LogP contribution is -2.26. The second-order valence-corrected chi connectivity index (χ2v) is 3.89. The van der Waals surface area contributed by atoms with E-state index in [1.807, 2.05) is 36.4 Å². The molecule has 0 aliphatic rings. The quantitative estimate of drug-likeness (QED) is 0.802. The second kappa shape index (κ2) is 6.39. The number of nitrogens with one attached hydrogen (secondary N) is 1. The summed E-state index contributed by atoms with van der Waals surface area (Å²) >= 11 is 0. The highest BCUT2D eigenvalue weighted by atomic mass is 16.3. The molecule has 0 saturated carbocycles. The average molecular weight is 251 g/mol. The first kappa shape index (κ1) is 12.9. The molecule has 0 heterocycles. The fourth-order valence-corrected chi connectivity index (χ4v) is 1.47. The maximum absolute atomic E-state index is 11.7. The van der Waals surface area contributed by atoms with Gasteiger partial charge in [-0.3, -0.25) is 4.79 Å². The Balaban J connectivity index is 1.99. The fourth-order valence-electron chi connectivity index (χ4n) is 1.47. The van der Waals surface area contributed by atoms with Crippen molar-refractivity contribution >= 4 is 11.6 Å². The molecule has 3 nitrogen and oxygen atoms in total. The van der Waals surface area contributed by atoms with Gasteiger partial charge in [0.1, 0.15) is 0 Å². The molecule has 0 radical (unpaired) electrons. The number of hydrogen-bond donors (Lipinski definition) is 2. The average Bonchev–Trinajstić information content (AvgIpc) is 2.47. The summed E-state index contributed by atoms with van der Waals surface area (Å²) in [5.74, 6) is 4.73. The van der Waals surface area contributed by atoms with Gasteiger partial charge in [-0.25, -0.2) is 0 Å². The molecule has 0 aliphatic heterocycles. The van der Waals surface area contributed by atoms with Crippen LogP contribution in [0.5, 0.6) is 0 Å². The van der Waals surface area contributed by atoms with E-state index in [1.165, 1.54) is 0 Å². The molecule has 2 rings (SSSR count). The minimum Gasteiger partial charge on any atom is -0.372 e. The van der Waals surface area contributed by atoms with Crippen molar-refractivity contribution in [2.45, 2.75) is 6.10 Å². The third-order valence-corrected chi connectivity index (χ3v) is 2.42. The third kappa shape index (κ3) is 3.98. The van der Waals surface area contributed by atoms with Crippen molar-refractivity contribution in [3.05, 3.63) is 66.2 Å². The second-order valence-electron chi connectivity index (χ2n) is 3.89. The Morgan fingerprint density at radius 3 is 2.21 bits per heavy atom. The number of amides is 1. The number of para-hydroxylation sites is 1. The van der Waals surface area contributed by atoms with E-state index in [4.69, 9.17) is 0 Å². The zero-order chi connectivity index (χ0) is 13.5. The summed E-state index contributed by atoms with van der Waals surface area (Å²) in [6.07, 6.45) is -1.35. The number of rotatable bonds is 2. The highest BCUT2D eigenvalue weighted by molar-refractivity contribution is 5.96. The predicted molar refractivity (Wildman–Crippen MR) is 74.4 cm³/mol. The highest BCUT2D eigenvalue weighted by Gasteiger charge is 2.11. The minimum atomic E-state index is -1.35. The molecule has 2 aromatic rings. The molecular formula is C16H13NO2. The molecule has 0 bridgehead atoms. The lowest BCUT2D eigenvalue weighted by atomic mass is 10.2. The molecule has 0 aliphatic carbocycles. The summed E-state index contributed by atoms with van der Waals surface area (Å²) in [6.45, 7) is 0. The zero-order valence-corrected chi connectivity index (χ0v) is 10.2. The number of carbonyl (C=O) groups is 1. The first-order valence-electron chi connectivity index (χ1n) is 5.86.